The van der Waals surface area contributed by atoms with Gasteiger partial charge in [0.05, 0.1) is 16.1 Å². The summed E-state index contributed by atoms with van der Waals surface area (Å²) in [5, 5.41) is 16.5. The Hall–Kier alpha value is -2.94. The number of nitrogens with one attached hydrogen (secondary N) is 2. The molecule has 0 saturated carbocycles. The van der Waals surface area contributed by atoms with Gasteiger partial charge in [0.25, 0.3) is 5.91 Å². The van der Waals surface area contributed by atoms with Crippen LogP contribution >= 0.6 is 39.7 Å². The molecule has 0 saturated heterocycles. The van der Waals surface area contributed by atoms with E-state index in [9.17, 15) is 9.90 Å². The van der Waals surface area contributed by atoms with Crippen LogP contribution in [0.3, 0.4) is 0 Å². The van der Waals surface area contributed by atoms with Gasteiger partial charge in [-0.25, -0.2) is 4.98 Å². The second-order valence-corrected chi connectivity index (χ2v) is 8.44. The maximum absolute atomic E-state index is 12.5. The number of carbonyl (C=O) groups excluding carboxylic acids is 1. The van der Waals surface area contributed by atoms with Gasteiger partial charge in [0.2, 0.25) is 5.89 Å². The molecular weight excluding hydrogens is 502 g/mol. The molecule has 4 rings (SSSR count). The van der Waals surface area contributed by atoms with Crippen molar-refractivity contribution in [3.63, 3.8) is 0 Å². The third-order valence-electron chi connectivity index (χ3n) is 4.48. The first-order chi connectivity index (χ1) is 14.8. The lowest BCUT2D eigenvalue weighted by Gasteiger charge is -2.13. The highest BCUT2D eigenvalue weighted by Crippen LogP contribution is 2.36. The monoisotopic (exact) mass is 515 g/mol. The number of benzene rings is 3. The zero-order valence-electron chi connectivity index (χ0n) is 16.1. The zero-order chi connectivity index (χ0) is 22.1. The minimum Gasteiger partial charge on any atom is -0.507 e. The number of rotatable bonds is 3. The van der Waals surface area contributed by atoms with Crippen LogP contribution in [-0.4, -0.2) is 21.1 Å². The predicted molar refractivity (Wildman–Crippen MR) is 129 cm³/mol. The smallest absolute Gasteiger partial charge is 0.258 e. The Morgan fingerprint density at radius 2 is 1.97 bits per heavy atom. The van der Waals surface area contributed by atoms with Gasteiger partial charge in [-0.05, 0) is 67.2 Å². The molecule has 0 fully saturated rings. The molecule has 0 unspecified atom stereocenters. The second kappa shape index (κ2) is 8.66. The van der Waals surface area contributed by atoms with Crippen LogP contribution in [0.2, 0.25) is 5.02 Å². The highest BCUT2D eigenvalue weighted by Gasteiger charge is 2.17. The van der Waals surface area contributed by atoms with Gasteiger partial charge in [0, 0.05) is 10.2 Å². The van der Waals surface area contributed by atoms with Crippen molar-refractivity contribution >= 4 is 67.6 Å². The average Bonchev–Trinajstić information content (AvgIpc) is 3.16. The van der Waals surface area contributed by atoms with Crippen LogP contribution in [0, 0.1) is 6.92 Å². The molecule has 156 valence electrons. The Labute approximate surface area is 196 Å². The molecule has 1 heterocycles. The number of carbonyl (C=O) groups is 1. The molecule has 0 spiro atoms. The van der Waals surface area contributed by atoms with Gasteiger partial charge < -0.3 is 14.8 Å². The molecule has 0 atom stereocenters. The molecule has 0 aliphatic heterocycles. The summed E-state index contributed by atoms with van der Waals surface area (Å²) in [6, 6.07) is 15.6. The number of anilines is 1. The lowest BCUT2D eigenvalue weighted by atomic mass is 10.1. The lowest BCUT2D eigenvalue weighted by molar-refractivity contribution is 0.0978. The van der Waals surface area contributed by atoms with Crippen molar-refractivity contribution in [3.05, 3.63) is 75.2 Å². The van der Waals surface area contributed by atoms with Crippen LogP contribution in [-0.2, 0) is 0 Å². The molecular formula is C22H15BrClN3O3S. The van der Waals surface area contributed by atoms with Crippen molar-refractivity contribution in [1.82, 2.24) is 10.3 Å². The fraction of sp³-hybridized carbons (Fsp3) is 0.0455. The van der Waals surface area contributed by atoms with E-state index in [0.717, 1.165) is 4.47 Å². The maximum atomic E-state index is 12.5. The quantitative estimate of drug-likeness (QED) is 0.227. The van der Waals surface area contributed by atoms with E-state index < -0.39 is 5.91 Å². The fourth-order valence-corrected chi connectivity index (χ4v) is 3.78. The molecule has 0 bridgehead atoms. The number of hydrogen-bond acceptors (Lipinski definition) is 5. The van der Waals surface area contributed by atoms with E-state index in [4.69, 9.17) is 28.2 Å². The SMILES string of the molecule is Cc1cc(NC(=S)NC(=O)c2cc(Br)ccc2Cl)cc(-c2nc3ccccc3o2)c1O. The summed E-state index contributed by atoms with van der Waals surface area (Å²) < 4.78 is 6.50. The summed E-state index contributed by atoms with van der Waals surface area (Å²) in [6.07, 6.45) is 0. The maximum Gasteiger partial charge on any atom is 0.258 e. The Kier molecular flexibility index (Phi) is 5.95. The van der Waals surface area contributed by atoms with Crippen molar-refractivity contribution in [2.45, 2.75) is 6.92 Å². The van der Waals surface area contributed by atoms with Crippen LogP contribution in [0.1, 0.15) is 15.9 Å². The second-order valence-electron chi connectivity index (χ2n) is 6.71. The van der Waals surface area contributed by atoms with Crippen LogP contribution in [0.15, 0.2) is 63.5 Å². The van der Waals surface area contributed by atoms with Gasteiger partial charge in [-0.3, -0.25) is 10.1 Å². The number of aromatic nitrogens is 1. The average molecular weight is 517 g/mol. The number of phenolic OH excluding ortho intramolecular Hbond substituents is 1. The number of fused-ring (bicyclic) bond motifs is 1. The van der Waals surface area contributed by atoms with Gasteiger partial charge in [-0.1, -0.05) is 39.7 Å². The number of phenols is 1. The van der Waals surface area contributed by atoms with E-state index in [-0.39, 0.29) is 22.3 Å². The molecule has 6 nitrogen and oxygen atoms in total. The van der Waals surface area contributed by atoms with E-state index in [1.54, 1.807) is 43.3 Å². The summed E-state index contributed by atoms with van der Waals surface area (Å²) in [4.78, 5) is 17.0. The predicted octanol–water partition coefficient (Wildman–Crippen LogP) is 6.05. The number of para-hydroxylation sites is 2. The third-order valence-corrected chi connectivity index (χ3v) is 5.51. The van der Waals surface area contributed by atoms with Crippen LogP contribution < -0.4 is 10.6 Å². The molecule has 0 radical (unpaired) electrons. The van der Waals surface area contributed by atoms with Crippen molar-refractivity contribution in [2.24, 2.45) is 0 Å². The highest BCUT2D eigenvalue weighted by atomic mass is 79.9. The molecule has 4 aromatic rings. The van der Waals surface area contributed by atoms with Gasteiger partial charge in [-0.2, -0.15) is 0 Å². The third kappa shape index (κ3) is 4.56. The molecule has 3 aromatic carbocycles. The standard InChI is InChI=1S/C22H15BrClN3O3S/c1-11-8-13(25-22(31)27-20(29)14-9-12(23)6-7-16(14)24)10-15(19(11)28)21-26-17-4-2-3-5-18(17)30-21/h2-10,28H,1H3,(H2,25,27,29,31). The summed E-state index contributed by atoms with van der Waals surface area (Å²) in [6.45, 7) is 1.75. The van der Waals surface area contributed by atoms with Crippen molar-refractivity contribution in [3.8, 4) is 17.2 Å². The Morgan fingerprint density at radius 1 is 1.19 bits per heavy atom. The van der Waals surface area contributed by atoms with E-state index in [1.807, 2.05) is 18.2 Å². The number of aryl methyl sites for hydroxylation is 1. The number of amides is 1. The van der Waals surface area contributed by atoms with Gasteiger partial charge in [0.15, 0.2) is 10.7 Å². The first kappa shape index (κ1) is 21.3. The molecule has 0 aliphatic rings. The molecule has 0 aliphatic carbocycles. The molecule has 31 heavy (non-hydrogen) atoms. The topological polar surface area (TPSA) is 87.4 Å². The van der Waals surface area contributed by atoms with Gasteiger partial charge in [-0.15, -0.1) is 0 Å². The molecule has 3 N–H and O–H groups in total. The van der Waals surface area contributed by atoms with Crippen molar-refractivity contribution < 1.29 is 14.3 Å². The number of halogens is 2. The zero-order valence-corrected chi connectivity index (χ0v) is 19.2. The number of hydrogen-bond donors (Lipinski definition) is 3. The lowest BCUT2D eigenvalue weighted by Crippen LogP contribution is -2.34. The first-order valence-electron chi connectivity index (χ1n) is 9.09. The summed E-state index contributed by atoms with van der Waals surface area (Å²) in [5.74, 6) is -0.118. The number of aromatic hydroxyl groups is 1. The van der Waals surface area contributed by atoms with Crippen LogP contribution in [0.4, 0.5) is 5.69 Å². The Bertz CT molecular complexity index is 1310. The minimum atomic E-state index is -0.446. The number of thiocarbonyl (C=S) groups is 1. The normalized spacial score (nSPS) is 10.8. The van der Waals surface area contributed by atoms with Gasteiger partial charge in [0.1, 0.15) is 11.3 Å². The molecule has 1 aromatic heterocycles. The Balaban J connectivity index is 1.58. The highest BCUT2D eigenvalue weighted by molar-refractivity contribution is 9.10. The number of nitrogens with zero attached hydrogens (tertiary/aromatic N) is 1. The van der Waals surface area contributed by atoms with E-state index in [1.165, 1.54) is 0 Å². The summed E-state index contributed by atoms with van der Waals surface area (Å²) >= 11 is 14.7. The summed E-state index contributed by atoms with van der Waals surface area (Å²) in [7, 11) is 0. The Morgan fingerprint density at radius 3 is 2.74 bits per heavy atom. The van der Waals surface area contributed by atoms with Crippen LogP contribution in [0.5, 0.6) is 5.75 Å². The largest absolute Gasteiger partial charge is 0.507 e. The molecule has 9 heteroatoms. The van der Waals surface area contributed by atoms with E-state index >= 15 is 0 Å². The number of oxazole rings is 1. The summed E-state index contributed by atoms with van der Waals surface area (Å²) in [5.41, 5.74) is 3.13. The van der Waals surface area contributed by atoms with Crippen molar-refractivity contribution in [2.75, 3.05) is 5.32 Å². The first-order valence-corrected chi connectivity index (χ1v) is 10.7. The van der Waals surface area contributed by atoms with E-state index in [2.05, 4.69) is 31.5 Å². The van der Waals surface area contributed by atoms with Gasteiger partial charge >= 0.3 is 0 Å². The fourth-order valence-electron chi connectivity index (χ4n) is 3.01. The van der Waals surface area contributed by atoms with E-state index in [0.29, 0.717) is 32.9 Å². The minimum absolute atomic E-state index is 0.0491. The van der Waals surface area contributed by atoms with Crippen molar-refractivity contribution in [1.29, 1.82) is 0 Å². The molecule has 1 amide bonds. The van der Waals surface area contributed by atoms with Crippen LogP contribution in [0.25, 0.3) is 22.6 Å².